The van der Waals surface area contributed by atoms with Gasteiger partial charge in [-0.3, -0.25) is 0 Å². The van der Waals surface area contributed by atoms with Crippen LogP contribution in [0.15, 0.2) is 0 Å². The van der Waals surface area contributed by atoms with Gasteiger partial charge in [0.25, 0.3) is 0 Å². The summed E-state index contributed by atoms with van der Waals surface area (Å²) in [5, 5.41) is 3.23. The lowest BCUT2D eigenvalue weighted by Gasteiger charge is -2.27. The molecule has 0 aromatic carbocycles. The molecule has 1 aromatic heterocycles. The summed E-state index contributed by atoms with van der Waals surface area (Å²) in [5.74, 6) is 2.27. The van der Waals surface area contributed by atoms with E-state index in [1.807, 2.05) is 0 Å². The van der Waals surface area contributed by atoms with Crippen LogP contribution in [0, 0.1) is 0 Å². The predicted molar refractivity (Wildman–Crippen MR) is 88.2 cm³/mol. The molecule has 1 aliphatic rings. The molecule has 0 aliphatic carbocycles. The maximum atomic E-state index is 4.70. The zero-order chi connectivity index (χ0) is 15.2. The number of hydrogen-bond acceptors (Lipinski definition) is 6. The second-order valence-electron chi connectivity index (χ2n) is 5.56. The Labute approximate surface area is 128 Å². The maximum absolute atomic E-state index is 4.70. The fourth-order valence-electron chi connectivity index (χ4n) is 2.81. The van der Waals surface area contributed by atoms with Gasteiger partial charge >= 0.3 is 0 Å². The van der Waals surface area contributed by atoms with Crippen molar-refractivity contribution < 1.29 is 0 Å². The van der Waals surface area contributed by atoms with Crippen molar-refractivity contribution in [2.24, 2.45) is 0 Å². The minimum atomic E-state index is 0.466. The summed E-state index contributed by atoms with van der Waals surface area (Å²) in [6.07, 6.45) is 4.63. The van der Waals surface area contributed by atoms with Crippen molar-refractivity contribution in [1.82, 2.24) is 15.0 Å². The number of nitrogens with one attached hydrogen (secondary N) is 1. The van der Waals surface area contributed by atoms with Crippen LogP contribution in [0.5, 0.6) is 0 Å². The molecule has 1 aromatic rings. The standard InChI is InChI=1S/C15H28N6/c1-5-12(6-2)20(4)14-17-13(16-7-3)18-15(19-14)21-10-8-9-11-21/h12H,5-11H2,1-4H3,(H,16,17,18,19). The molecular formula is C15H28N6. The van der Waals surface area contributed by atoms with Crippen LogP contribution in [0.2, 0.25) is 0 Å². The van der Waals surface area contributed by atoms with Gasteiger partial charge in [0.2, 0.25) is 17.8 Å². The molecule has 0 saturated carbocycles. The van der Waals surface area contributed by atoms with Crippen LogP contribution in [0.25, 0.3) is 0 Å². The van der Waals surface area contributed by atoms with Gasteiger partial charge in [0.15, 0.2) is 0 Å². The van der Waals surface area contributed by atoms with E-state index in [4.69, 9.17) is 4.98 Å². The van der Waals surface area contributed by atoms with Crippen molar-refractivity contribution >= 4 is 17.8 Å². The Kier molecular flexibility index (Phi) is 5.59. The Morgan fingerprint density at radius 1 is 1.10 bits per heavy atom. The first-order valence-electron chi connectivity index (χ1n) is 8.17. The Balaban J connectivity index is 2.30. The first-order valence-corrected chi connectivity index (χ1v) is 8.17. The highest BCUT2D eigenvalue weighted by Gasteiger charge is 2.20. The van der Waals surface area contributed by atoms with Crippen LogP contribution in [0.3, 0.4) is 0 Å². The molecule has 0 unspecified atom stereocenters. The molecule has 118 valence electrons. The van der Waals surface area contributed by atoms with Gasteiger partial charge in [-0.05, 0) is 32.6 Å². The molecule has 2 rings (SSSR count). The summed E-state index contributed by atoms with van der Waals surface area (Å²) < 4.78 is 0. The minimum Gasteiger partial charge on any atom is -0.354 e. The topological polar surface area (TPSA) is 57.2 Å². The van der Waals surface area contributed by atoms with Gasteiger partial charge < -0.3 is 15.1 Å². The third-order valence-electron chi connectivity index (χ3n) is 4.14. The molecule has 2 heterocycles. The number of aromatic nitrogens is 3. The third-order valence-corrected chi connectivity index (χ3v) is 4.14. The van der Waals surface area contributed by atoms with Gasteiger partial charge in [-0.1, -0.05) is 13.8 Å². The molecule has 1 N–H and O–H groups in total. The highest BCUT2D eigenvalue weighted by Crippen LogP contribution is 2.22. The number of nitrogens with zero attached hydrogens (tertiary/aromatic N) is 5. The normalized spacial score (nSPS) is 14.8. The van der Waals surface area contributed by atoms with Crippen molar-refractivity contribution in [2.75, 3.05) is 41.8 Å². The van der Waals surface area contributed by atoms with Crippen LogP contribution < -0.4 is 15.1 Å². The van der Waals surface area contributed by atoms with E-state index in [2.05, 4.69) is 52.9 Å². The predicted octanol–water partition coefficient (Wildman–Crippen LogP) is 2.53. The fourth-order valence-corrected chi connectivity index (χ4v) is 2.81. The van der Waals surface area contributed by atoms with E-state index in [1.54, 1.807) is 0 Å². The SMILES string of the molecule is CCNc1nc(N2CCCC2)nc(N(C)C(CC)CC)n1. The van der Waals surface area contributed by atoms with Crippen LogP contribution in [-0.4, -0.2) is 47.7 Å². The molecular weight excluding hydrogens is 264 g/mol. The molecule has 1 fully saturated rings. The summed E-state index contributed by atoms with van der Waals surface area (Å²) in [4.78, 5) is 18.3. The quantitative estimate of drug-likeness (QED) is 0.833. The van der Waals surface area contributed by atoms with Gasteiger partial charge in [-0.2, -0.15) is 15.0 Å². The lowest BCUT2D eigenvalue weighted by atomic mass is 10.1. The second kappa shape index (κ2) is 7.43. The van der Waals surface area contributed by atoms with Gasteiger partial charge in [0, 0.05) is 32.7 Å². The number of rotatable bonds is 7. The Morgan fingerprint density at radius 3 is 2.33 bits per heavy atom. The molecule has 0 bridgehead atoms. The zero-order valence-corrected chi connectivity index (χ0v) is 13.8. The molecule has 0 amide bonds. The van der Waals surface area contributed by atoms with Gasteiger partial charge in [0.05, 0.1) is 0 Å². The lowest BCUT2D eigenvalue weighted by molar-refractivity contribution is 0.580. The molecule has 1 aliphatic heterocycles. The van der Waals surface area contributed by atoms with E-state index < -0.39 is 0 Å². The smallest absolute Gasteiger partial charge is 0.231 e. The summed E-state index contributed by atoms with van der Waals surface area (Å²) in [6.45, 7) is 9.38. The lowest BCUT2D eigenvalue weighted by Crippen LogP contribution is -2.33. The third kappa shape index (κ3) is 3.74. The molecule has 6 heteroatoms. The van der Waals surface area contributed by atoms with Crippen molar-refractivity contribution in [3.05, 3.63) is 0 Å². The molecule has 0 radical (unpaired) electrons. The Bertz CT molecular complexity index is 440. The minimum absolute atomic E-state index is 0.466. The van der Waals surface area contributed by atoms with Gasteiger partial charge in [0.1, 0.15) is 0 Å². The fraction of sp³-hybridized carbons (Fsp3) is 0.800. The number of anilines is 3. The van der Waals surface area contributed by atoms with Crippen LogP contribution in [-0.2, 0) is 0 Å². The first-order chi connectivity index (χ1) is 10.2. The van der Waals surface area contributed by atoms with Gasteiger partial charge in [-0.15, -0.1) is 0 Å². The van der Waals surface area contributed by atoms with Crippen LogP contribution in [0.1, 0.15) is 46.5 Å². The van der Waals surface area contributed by atoms with E-state index in [1.165, 1.54) is 12.8 Å². The maximum Gasteiger partial charge on any atom is 0.231 e. The van der Waals surface area contributed by atoms with Crippen LogP contribution >= 0.6 is 0 Å². The van der Waals surface area contributed by atoms with Crippen molar-refractivity contribution in [3.63, 3.8) is 0 Å². The molecule has 1 saturated heterocycles. The van der Waals surface area contributed by atoms with E-state index in [0.29, 0.717) is 12.0 Å². The second-order valence-corrected chi connectivity index (χ2v) is 5.56. The van der Waals surface area contributed by atoms with Crippen molar-refractivity contribution in [3.8, 4) is 0 Å². The summed E-state index contributed by atoms with van der Waals surface area (Å²) in [5.41, 5.74) is 0. The van der Waals surface area contributed by atoms with Crippen molar-refractivity contribution in [2.45, 2.75) is 52.5 Å². The Hall–Kier alpha value is -1.59. The summed E-state index contributed by atoms with van der Waals surface area (Å²) in [6, 6.07) is 0.466. The first kappa shape index (κ1) is 15.8. The highest BCUT2D eigenvalue weighted by molar-refractivity contribution is 5.45. The largest absolute Gasteiger partial charge is 0.354 e. The van der Waals surface area contributed by atoms with Gasteiger partial charge in [-0.25, -0.2) is 0 Å². The van der Waals surface area contributed by atoms with E-state index >= 15 is 0 Å². The molecule has 0 atom stereocenters. The average Bonchev–Trinajstić information content (AvgIpc) is 3.02. The average molecular weight is 292 g/mol. The number of hydrogen-bond donors (Lipinski definition) is 1. The summed E-state index contributed by atoms with van der Waals surface area (Å²) in [7, 11) is 2.08. The highest BCUT2D eigenvalue weighted by atomic mass is 15.4. The summed E-state index contributed by atoms with van der Waals surface area (Å²) >= 11 is 0. The molecule has 21 heavy (non-hydrogen) atoms. The zero-order valence-electron chi connectivity index (χ0n) is 13.8. The molecule has 0 spiro atoms. The Morgan fingerprint density at radius 2 is 1.76 bits per heavy atom. The van der Waals surface area contributed by atoms with E-state index in [-0.39, 0.29) is 0 Å². The molecule has 6 nitrogen and oxygen atoms in total. The van der Waals surface area contributed by atoms with E-state index in [9.17, 15) is 0 Å². The van der Waals surface area contributed by atoms with E-state index in [0.717, 1.165) is 44.4 Å². The monoisotopic (exact) mass is 292 g/mol. The van der Waals surface area contributed by atoms with Crippen molar-refractivity contribution in [1.29, 1.82) is 0 Å². The van der Waals surface area contributed by atoms with Crippen LogP contribution in [0.4, 0.5) is 17.8 Å².